The Balaban J connectivity index is 2.20. The Kier molecular flexibility index (Phi) is 7.12. The monoisotopic (exact) mass is 389 g/mol. The number of aryl methyl sites for hydroxylation is 1. The number of carbonyl (C=O) groups is 1. The Hall–Kier alpha value is -2.22. The molecule has 0 aliphatic rings. The highest BCUT2D eigenvalue weighted by Gasteiger charge is 2.17. The molecule has 1 amide bonds. The number of hydrogen-bond donors (Lipinski definition) is 2. The molecule has 0 saturated heterocycles. The molecule has 0 heterocycles. The van der Waals surface area contributed by atoms with Crippen LogP contribution in [0.3, 0.4) is 0 Å². The SMILES string of the molecule is CCNS(=O)(=O)c1ccc(C)c(C(=O)NCc2ccccc2CN(C)C)c1. The molecule has 0 saturated carbocycles. The molecule has 0 atom stereocenters. The van der Waals surface area contributed by atoms with Crippen LogP contribution in [0.25, 0.3) is 0 Å². The average Bonchev–Trinajstić information content (AvgIpc) is 2.60. The van der Waals surface area contributed by atoms with Gasteiger partial charge in [-0.3, -0.25) is 4.79 Å². The normalized spacial score (nSPS) is 11.6. The Morgan fingerprint density at radius 1 is 1.07 bits per heavy atom. The number of hydrogen-bond acceptors (Lipinski definition) is 4. The molecule has 0 bridgehead atoms. The van der Waals surface area contributed by atoms with Crippen molar-refractivity contribution in [2.24, 2.45) is 0 Å². The third-order valence-corrected chi connectivity index (χ3v) is 5.69. The summed E-state index contributed by atoms with van der Waals surface area (Å²) in [6, 6.07) is 12.5. The molecule has 0 spiro atoms. The second kappa shape index (κ2) is 9.12. The summed E-state index contributed by atoms with van der Waals surface area (Å²) >= 11 is 0. The van der Waals surface area contributed by atoms with E-state index in [0.717, 1.165) is 23.2 Å². The van der Waals surface area contributed by atoms with Crippen LogP contribution in [0.15, 0.2) is 47.4 Å². The zero-order chi connectivity index (χ0) is 20.0. The first kappa shape index (κ1) is 21.1. The van der Waals surface area contributed by atoms with E-state index >= 15 is 0 Å². The van der Waals surface area contributed by atoms with Gasteiger partial charge in [0, 0.05) is 25.2 Å². The maximum Gasteiger partial charge on any atom is 0.251 e. The summed E-state index contributed by atoms with van der Waals surface area (Å²) in [4.78, 5) is 14.8. The van der Waals surface area contributed by atoms with Crippen LogP contribution in [0.1, 0.15) is 34.0 Å². The Morgan fingerprint density at radius 3 is 2.37 bits per heavy atom. The van der Waals surface area contributed by atoms with Gasteiger partial charge in [-0.25, -0.2) is 13.1 Å². The van der Waals surface area contributed by atoms with Crippen molar-refractivity contribution in [3.63, 3.8) is 0 Å². The number of benzene rings is 2. The lowest BCUT2D eigenvalue weighted by Crippen LogP contribution is -2.26. The van der Waals surface area contributed by atoms with Crippen molar-refractivity contribution in [1.82, 2.24) is 14.9 Å². The van der Waals surface area contributed by atoms with E-state index in [-0.39, 0.29) is 10.8 Å². The molecular formula is C20H27N3O3S. The first-order valence-electron chi connectivity index (χ1n) is 8.84. The highest BCUT2D eigenvalue weighted by Crippen LogP contribution is 2.16. The van der Waals surface area contributed by atoms with Crippen LogP contribution in [-0.2, 0) is 23.1 Å². The predicted octanol–water partition coefficient (Wildman–Crippen LogP) is 2.28. The lowest BCUT2D eigenvalue weighted by molar-refractivity contribution is 0.0950. The minimum atomic E-state index is -3.61. The van der Waals surface area contributed by atoms with Gasteiger partial charge in [-0.05, 0) is 49.8 Å². The first-order valence-corrected chi connectivity index (χ1v) is 10.3. The van der Waals surface area contributed by atoms with E-state index in [2.05, 4.69) is 14.9 Å². The van der Waals surface area contributed by atoms with Gasteiger partial charge in [-0.15, -0.1) is 0 Å². The van der Waals surface area contributed by atoms with E-state index in [1.165, 1.54) is 12.1 Å². The van der Waals surface area contributed by atoms with Crippen molar-refractivity contribution in [2.75, 3.05) is 20.6 Å². The van der Waals surface area contributed by atoms with E-state index in [4.69, 9.17) is 0 Å². The maximum atomic E-state index is 12.7. The summed E-state index contributed by atoms with van der Waals surface area (Å²) < 4.78 is 26.8. The highest BCUT2D eigenvalue weighted by molar-refractivity contribution is 7.89. The minimum Gasteiger partial charge on any atom is -0.348 e. The van der Waals surface area contributed by atoms with Crippen molar-refractivity contribution in [3.8, 4) is 0 Å². The van der Waals surface area contributed by atoms with E-state index in [1.54, 1.807) is 19.9 Å². The molecule has 6 nitrogen and oxygen atoms in total. The molecule has 0 radical (unpaired) electrons. The van der Waals surface area contributed by atoms with E-state index in [0.29, 0.717) is 18.7 Å². The third-order valence-electron chi connectivity index (χ3n) is 4.14. The standard InChI is InChI=1S/C20H27N3O3S/c1-5-22-27(25,26)18-11-10-15(2)19(12-18)20(24)21-13-16-8-6-7-9-17(16)14-23(3)4/h6-12,22H,5,13-14H2,1-4H3,(H,21,24). The van der Waals surface area contributed by atoms with Gasteiger partial charge < -0.3 is 10.2 Å². The van der Waals surface area contributed by atoms with Crippen LogP contribution in [0.5, 0.6) is 0 Å². The van der Waals surface area contributed by atoms with Crippen LogP contribution in [0.2, 0.25) is 0 Å². The number of rotatable bonds is 8. The maximum absolute atomic E-state index is 12.7. The molecule has 7 heteroatoms. The molecule has 2 aromatic carbocycles. The number of sulfonamides is 1. The predicted molar refractivity (Wildman–Crippen MR) is 107 cm³/mol. The second-order valence-corrected chi connectivity index (χ2v) is 8.43. The van der Waals surface area contributed by atoms with Gasteiger partial charge in [0.2, 0.25) is 10.0 Å². The van der Waals surface area contributed by atoms with Crippen molar-refractivity contribution in [2.45, 2.75) is 31.8 Å². The molecule has 146 valence electrons. The highest BCUT2D eigenvalue weighted by atomic mass is 32.2. The molecule has 2 rings (SSSR count). The average molecular weight is 390 g/mol. The molecule has 27 heavy (non-hydrogen) atoms. The molecule has 0 aromatic heterocycles. The summed E-state index contributed by atoms with van der Waals surface area (Å²) in [6.07, 6.45) is 0. The van der Waals surface area contributed by atoms with Gasteiger partial charge in [-0.2, -0.15) is 0 Å². The fraction of sp³-hybridized carbons (Fsp3) is 0.350. The van der Waals surface area contributed by atoms with E-state index in [9.17, 15) is 13.2 Å². The molecule has 0 fully saturated rings. The van der Waals surface area contributed by atoms with E-state index < -0.39 is 10.0 Å². The van der Waals surface area contributed by atoms with Crippen molar-refractivity contribution >= 4 is 15.9 Å². The summed E-state index contributed by atoms with van der Waals surface area (Å²) in [7, 11) is 0.384. The van der Waals surface area contributed by atoms with Crippen LogP contribution < -0.4 is 10.0 Å². The Labute approximate surface area is 161 Å². The zero-order valence-corrected chi connectivity index (χ0v) is 17.1. The fourth-order valence-corrected chi connectivity index (χ4v) is 3.85. The van der Waals surface area contributed by atoms with Crippen LogP contribution >= 0.6 is 0 Å². The van der Waals surface area contributed by atoms with Crippen LogP contribution in [0.4, 0.5) is 0 Å². The van der Waals surface area contributed by atoms with Crippen LogP contribution in [0, 0.1) is 6.92 Å². The van der Waals surface area contributed by atoms with Crippen LogP contribution in [-0.4, -0.2) is 39.9 Å². The summed E-state index contributed by atoms with van der Waals surface area (Å²) in [5.74, 6) is -0.291. The molecule has 0 unspecified atom stereocenters. The number of nitrogens with one attached hydrogen (secondary N) is 2. The molecule has 2 N–H and O–H groups in total. The quantitative estimate of drug-likeness (QED) is 0.726. The molecule has 0 aliphatic heterocycles. The fourth-order valence-electron chi connectivity index (χ4n) is 2.78. The number of nitrogens with zero attached hydrogens (tertiary/aromatic N) is 1. The zero-order valence-electron chi connectivity index (χ0n) is 16.2. The molecule has 2 aromatic rings. The van der Waals surface area contributed by atoms with Gasteiger partial charge in [0.1, 0.15) is 0 Å². The first-order chi connectivity index (χ1) is 12.7. The summed E-state index contributed by atoms with van der Waals surface area (Å²) in [6.45, 7) is 4.96. The summed E-state index contributed by atoms with van der Waals surface area (Å²) in [5, 5.41) is 2.91. The number of amides is 1. The third kappa shape index (κ3) is 5.63. The largest absolute Gasteiger partial charge is 0.348 e. The Morgan fingerprint density at radius 2 is 1.74 bits per heavy atom. The van der Waals surface area contributed by atoms with Crippen molar-refractivity contribution in [1.29, 1.82) is 0 Å². The van der Waals surface area contributed by atoms with Crippen molar-refractivity contribution in [3.05, 3.63) is 64.7 Å². The lowest BCUT2D eigenvalue weighted by Gasteiger charge is -2.15. The van der Waals surface area contributed by atoms with Gasteiger partial charge in [-0.1, -0.05) is 37.3 Å². The minimum absolute atomic E-state index is 0.0908. The van der Waals surface area contributed by atoms with Gasteiger partial charge in [0.15, 0.2) is 0 Å². The smallest absolute Gasteiger partial charge is 0.251 e. The second-order valence-electron chi connectivity index (χ2n) is 6.67. The van der Waals surface area contributed by atoms with Crippen molar-refractivity contribution < 1.29 is 13.2 Å². The summed E-state index contributed by atoms with van der Waals surface area (Å²) in [5.41, 5.74) is 3.26. The lowest BCUT2D eigenvalue weighted by atomic mass is 10.1. The Bertz CT molecular complexity index is 908. The molecular weight excluding hydrogens is 362 g/mol. The van der Waals surface area contributed by atoms with Gasteiger partial charge >= 0.3 is 0 Å². The topological polar surface area (TPSA) is 78.5 Å². The van der Waals surface area contributed by atoms with E-state index in [1.807, 2.05) is 38.4 Å². The van der Waals surface area contributed by atoms with Gasteiger partial charge in [0.25, 0.3) is 5.91 Å². The molecule has 0 aliphatic carbocycles. The van der Waals surface area contributed by atoms with Gasteiger partial charge in [0.05, 0.1) is 4.90 Å². The number of carbonyl (C=O) groups excluding carboxylic acids is 1.